The summed E-state index contributed by atoms with van der Waals surface area (Å²) in [6.45, 7) is 2.59. The van der Waals surface area contributed by atoms with Crippen LogP contribution in [0.15, 0.2) is 23.4 Å². The van der Waals surface area contributed by atoms with E-state index in [0.29, 0.717) is 18.7 Å². The third-order valence-electron chi connectivity index (χ3n) is 3.33. The van der Waals surface area contributed by atoms with Crippen molar-refractivity contribution in [1.29, 1.82) is 0 Å². The fourth-order valence-electron chi connectivity index (χ4n) is 2.27. The maximum atomic E-state index is 12.3. The molecule has 21 heavy (non-hydrogen) atoms. The molecule has 1 fully saturated rings. The Hall–Kier alpha value is -1.19. The molecule has 1 aromatic heterocycles. The normalized spacial score (nSPS) is 21.3. The highest BCUT2D eigenvalue weighted by atomic mass is 32.2. The Morgan fingerprint density at radius 1 is 1.43 bits per heavy atom. The van der Waals surface area contributed by atoms with Crippen molar-refractivity contribution >= 4 is 25.5 Å². The van der Waals surface area contributed by atoms with Gasteiger partial charge in [-0.3, -0.25) is 4.98 Å². The predicted molar refractivity (Wildman–Crippen MR) is 80.4 cm³/mol. The first-order valence-corrected chi connectivity index (χ1v) is 10.0. The molecule has 2 heterocycles. The van der Waals surface area contributed by atoms with Crippen LogP contribution in [-0.2, 0) is 19.9 Å². The Morgan fingerprint density at radius 3 is 2.81 bits per heavy atom. The highest BCUT2D eigenvalue weighted by Crippen LogP contribution is 2.21. The SMILES string of the molecule is CCNc1ccncc1S(=O)(=O)NCC1CCS(=O)(=O)C1. The Labute approximate surface area is 125 Å². The second kappa shape index (κ2) is 6.29. The molecular weight excluding hydrogens is 314 g/mol. The van der Waals surface area contributed by atoms with E-state index in [2.05, 4.69) is 15.0 Å². The number of rotatable bonds is 6. The fourth-order valence-corrected chi connectivity index (χ4v) is 5.37. The molecule has 2 N–H and O–H groups in total. The molecule has 9 heteroatoms. The Kier molecular flexibility index (Phi) is 4.84. The van der Waals surface area contributed by atoms with Crippen molar-refractivity contribution in [2.75, 3.05) is 29.9 Å². The summed E-state index contributed by atoms with van der Waals surface area (Å²) in [6.07, 6.45) is 3.30. The molecule has 0 aromatic carbocycles. The molecule has 1 atom stereocenters. The maximum absolute atomic E-state index is 12.3. The molecule has 0 radical (unpaired) electrons. The van der Waals surface area contributed by atoms with Gasteiger partial charge in [-0.25, -0.2) is 21.6 Å². The average Bonchev–Trinajstić information content (AvgIpc) is 2.77. The minimum atomic E-state index is -3.71. The second-order valence-corrected chi connectivity index (χ2v) is 8.99. The number of hydrogen-bond donors (Lipinski definition) is 2. The third kappa shape index (κ3) is 4.14. The van der Waals surface area contributed by atoms with E-state index in [1.807, 2.05) is 6.92 Å². The molecule has 118 valence electrons. The zero-order valence-electron chi connectivity index (χ0n) is 11.7. The van der Waals surface area contributed by atoms with E-state index in [4.69, 9.17) is 0 Å². The minimum Gasteiger partial charge on any atom is -0.384 e. The van der Waals surface area contributed by atoms with E-state index in [1.165, 1.54) is 12.4 Å². The summed E-state index contributed by atoms with van der Waals surface area (Å²) < 4.78 is 49.8. The van der Waals surface area contributed by atoms with Crippen LogP contribution in [0.25, 0.3) is 0 Å². The molecule has 1 aromatic rings. The highest BCUT2D eigenvalue weighted by Gasteiger charge is 2.29. The van der Waals surface area contributed by atoms with E-state index in [1.54, 1.807) is 6.07 Å². The van der Waals surface area contributed by atoms with Crippen LogP contribution in [0, 0.1) is 5.92 Å². The summed E-state index contributed by atoms with van der Waals surface area (Å²) in [5.41, 5.74) is 0.485. The molecule has 1 aliphatic rings. The summed E-state index contributed by atoms with van der Waals surface area (Å²) in [4.78, 5) is 3.92. The molecule has 0 saturated carbocycles. The summed E-state index contributed by atoms with van der Waals surface area (Å²) in [7, 11) is -6.71. The Morgan fingerprint density at radius 2 is 2.19 bits per heavy atom. The number of hydrogen-bond acceptors (Lipinski definition) is 6. The van der Waals surface area contributed by atoms with E-state index >= 15 is 0 Å². The van der Waals surface area contributed by atoms with Crippen LogP contribution >= 0.6 is 0 Å². The van der Waals surface area contributed by atoms with Crippen LogP contribution in [0.5, 0.6) is 0 Å². The lowest BCUT2D eigenvalue weighted by molar-refractivity contribution is 0.543. The minimum absolute atomic E-state index is 0.0443. The lowest BCUT2D eigenvalue weighted by Gasteiger charge is -2.13. The molecule has 0 spiro atoms. The van der Waals surface area contributed by atoms with Gasteiger partial charge in [0.1, 0.15) is 4.90 Å². The number of sulfone groups is 1. The van der Waals surface area contributed by atoms with Gasteiger partial charge in [0.15, 0.2) is 9.84 Å². The van der Waals surface area contributed by atoms with Crippen molar-refractivity contribution in [1.82, 2.24) is 9.71 Å². The van der Waals surface area contributed by atoms with Gasteiger partial charge in [-0.1, -0.05) is 0 Å². The van der Waals surface area contributed by atoms with Crippen molar-refractivity contribution < 1.29 is 16.8 Å². The first-order valence-electron chi connectivity index (χ1n) is 6.72. The summed E-state index contributed by atoms with van der Waals surface area (Å²) in [5.74, 6) is 0.0152. The van der Waals surface area contributed by atoms with Crippen LogP contribution in [0.2, 0.25) is 0 Å². The first kappa shape index (κ1) is 16.2. The van der Waals surface area contributed by atoms with Crippen LogP contribution in [0.1, 0.15) is 13.3 Å². The van der Waals surface area contributed by atoms with Crippen molar-refractivity contribution in [2.45, 2.75) is 18.2 Å². The highest BCUT2D eigenvalue weighted by molar-refractivity contribution is 7.91. The lowest BCUT2D eigenvalue weighted by Crippen LogP contribution is -2.30. The molecule has 7 nitrogen and oxygen atoms in total. The van der Waals surface area contributed by atoms with Crippen LogP contribution in [-0.4, -0.2) is 46.4 Å². The number of aromatic nitrogens is 1. The lowest BCUT2D eigenvalue weighted by atomic mass is 10.1. The molecule has 1 unspecified atom stereocenters. The van der Waals surface area contributed by atoms with Gasteiger partial charge in [-0.05, 0) is 25.3 Å². The fraction of sp³-hybridized carbons (Fsp3) is 0.583. The number of nitrogens with zero attached hydrogens (tertiary/aromatic N) is 1. The topological polar surface area (TPSA) is 105 Å². The maximum Gasteiger partial charge on any atom is 0.244 e. The average molecular weight is 333 g/mol. The summed E-state index contributed by atoms with van der Waals surface area (Å²) >= 11 is 0. The zero-order valence-corrected chi connectivity index (χ0v) is 13.4. The van der Waals surface area contributed by atoms with Gasteiger partial charge in [-0.15, -0.1) is 0 Å². The van der Waals surface area contributed by atoms with E-state index in [9.17, 15) is 16.8 Å². The summed E-state index contributed by atoms with van der Waals surface area (Å²) in [6, 6.07) is 1.60. The van der Waals surface area contributed by atoms with Gasteiger partial charge in [-0.2, -0.15) is 0 Å². The molecule has 0 aliphatic carbocycles. The molecule has 1 aliphatic heterocycles. The number of anilines is 1. The molecular formula is C12H19N3O4S2. The van der Waals surface area contributed by atoms with E-state index < -0.39 is 19.9 Å². The van der Waals surface area contributed by atoms with Crippen molar-refractivity contribution in [2.24, 2.45) is 5.92 Å². The Balaban J connectivity index is 2.09. The Bertz CT molecular complexity index is 701. The van der Waals surface area contributed by atoms with Gasteiger partial charge >= 0.3 is 0 Å². The largest absolute Gasteiger partial charge is 0.384 e. The van der Waals surface area contributed by atoms with Crippen LogP contribution < -0.4 is 10.0 Å². The third-order valence-corrected chi connectivity index (χ3v) is 6.62. The van der Waals surface area contributed by atoms with E-state index in [-0.39, 0.29) is 28.9 Å². The second-order valence-electron chi connectivity index (χ2n) is 5.02. The number of nitrogens with one attached hydrogen (secondary N) is 2. The number of pyridine rings is 1. The van der Waals surface area contributed by atoms with Gasteiger partial charge in [0.05, 0.1) is 17.2 Å². The molecule has 0 bridgehead atoms. The molecule has 2 rings (SSSR count). The van der Waals surface area contributed by atoms with Crippen molar-refractivity contribution in [3.05, 3.63) is 18.5 Å². The molecule has 1 saturated heterocycles. The molecule has 0 amide bonds. The quantitative estimate of drug-likeness (QED) is 0.772. The monoisotopic (exact) mass is 333 g/mol. The van der Waals surface area contributed by atoms with Gasteiger partial charge < -0.3 is 5.32 Å². The standard InChI is InChI=1S/C12H19N3O4S2/c1-2-14-11-3-5-13-8-12(11)21(18,19)15-7-10-4-6-20(16,17)9-10/h3,5,8,10,15H,2,4,6-7,9H2,1H3,(H,13,14). The summed E-state index contributed by atoms with van der Waals surface area (Å²) in [5, 5.41) is 2.97. The zero-order chi connectivity index (χ0) is 15.5. The van der Waals surface area contributed by atoms with Crippen LogP contribution in [0.4, 0.5) is 5.69 Å². The van der Waals surface area contributed by atoms with Crippen LogP contribution in [0.3, 0.4) is 0 Å². The smallest absolute Gasteiger partial charge is 0.244 e. The number of sulfonamides is 1. The van der Waals surface area contributed by atoms with Gasteiger partial charge in [0.25, 0.3) is 0 Å². The van der Waals surface area contributed by atoms with Crippen molar-refractivity contribution in [3.63, 3.8) is 0 Å². The van der Waals surface area contributed by atoms with Gasteiger partial charge in [0.2, 0.25) is 10.0 Å². The first-order chi connectivity index (χ1) is 9.84. The van der Waals surface area contributed by atoms with Crippen molar-refractivity contribution in [3.8, 4) is 0 Å². The van der Waals surface area contributed by atoms with E-state index in [0.717, 1.165) is 0 Å². The van der Waals surface area contributed by atoms with Gasteiger partial charge in [0, 0.05) is 25.5 Å². The predicted octanol–water partition coefficient (Wildman–Crippen LogP) is 0.226.